The Morgan fingerprint density at radius 2 is 1.93 bits per heavy atom. The Bertz CT molecular complexity index is 623. The summed E-state index contributed by atoms with van der Waals surface area (Å²) in [5, 5.41) is 17.1. The van der Waals surface area contributed by atoms with E-state index in [9.17, 15) is 14.4 Å². The van der Waals surface area contributed by atoms with E-state index in [-0.39, 0.29) is 42.1 Å². The molecule has 3 N–H and O–H groups in total. The van der Waals surface area contributed by atoms with Gasteiger partial charge in [0.05, 0.1) is 24.2 Å². The second-order valence-electron chi connectivity index (χ2n) is 7.94. The van der Waals surface area contributed by atoms with Crippen LogP contribution in [0.5, 0.6) is 0 Å². The molecule has 9 heteroatoms. The highest BCUT2D eigenvalue weighted by molar-refractivity contribution is 6.04. The van der Waals surface area contributed by atoms with Gasteiger partial charge in [-0.05, 0) is 46.0 Å². The predicted molar refractivity (Wildman–Crippen MR) is 102 cm³/mol. The Labute approximate surface area is 165 Å². The smallest absolute Gasteiger partial charge is 0.315 e. The number of carbonyl (C=O) groups is 3. The zero-order valence-electron chi connectivity index (χ0n) is 16.6. The summed E-state index contributed by atoms with van der Waals surface area (Å²) in [4.78, 5) is 36.1. The van der Waals surface area contributed by atoms with E-state index in [1.807, 2.05) is 6.92 Å². The molecule has 1 saturated heterocycles. The second kappa shape index (κ2) is 9.45. The Morgan fingerprint density at radius 1 is 1.18 bits per heavy atom. The van der Waals surface area contributed by atoms with Crippen molar-refractivity contribution in [2.24, 2.45) is 10.2 Å². The van der Waals surface area contributed by atoms with Gasteiger partial charge in [0.25, 0.3) is 5.91 Å². The number of hydrogen-bond donors (Lipinski definition) is 3. The molecule has 3 aliphatic rings. The van der Waals surface area contributed by atoms with Crippen LogP contribution in [-0.2, 0) is 14.3 Å². The number of ketones is 1. The maximum Gasteiger partial charge on any atom is 0.315 e. The lowest BCUT2D eigenvalue weighted by atomic mass is 9.87. The van der Waals surface area contributed by atoms with Crippen LogP contribution in [-0.4, -0.2) is 60.6 Å². The summed E-state index contributed by atoms with van der Waals surface area (Å²) in [7, 11) is 0. The van der Waals surface area contributed by atoms with Crippen LogP contribution in [0.2, 0.25) is 0 Å². The maximum absolute atomic E-state index is 12.7. The van der Waals surface area contributed by atoms with Crippen LogP contribution in [0.25, 0.3) is 0 Å². The molecule has 156 valence electrons. The molecule has 28 heavy (non-hydrogen) atoms. The molecular formula is C19H31N5O4. The van der Waals surface area contributed by atoms with Crippen molar-refractivity contribution in [3.8, 4) is 0 Å². The van der Waals surface area contributed by atoms with Crippen LogP contribution in [0.1, 0.15) is 58.8 Å². The van der Waals surface area contributed by atoms with Gasteiger partial charge in [-0.3, -0.25) is 9.59 Å². The van der Waals surface area contributed by atoms with E-state index >= 15 is 0 Å². The lowest BCUT2D eigenvalue weighted by Crippen LogP contribution is -2.50. The lowest BCUT2D eigenvalue weighted by molar-refractivity contribution is -0.129. The number of rotatable bonds is 7. The quantitative estimate of drug-likeness (QED) is 0.448. The van der Waals surface area contributed by atoms with Gasteiger partial charge >= 0.3 is 6.03 Å². The SMILES string of the molecule is CCOC1CCCCC1N=NC(C(C)=O)C(=O)NC1CCC2NC(=O)NC2C1. The number of azo groups is 1. The fourth-order valence-corrected chi connectivity index (χ4v) is 4.38. The second-order valence-corrected chi connectivity index (χ2v) is 7.94. The molecule has 2 aliphatic carbocycles. The largest absolute Gasteiger partial charge is 0.376 e. The van der Waals surface area contributed by atoms with Crippen molar-refractivity contribution >= 4 is 17.7 Å². The number of ether oxygens (including phenoxy) is 1. The van der Waals surface area contributed by atoms with Crippen molar-refractivity contribution in [3.63, 3.8) is 0 Å². The number of hydrogen-bond acceptors (Lipinski definition) is 6. The Balaban J connectivity index is 1.57. The van der Waals surface area contributed by atoms with E-state index in [2.05, 4.69) is 26.2 Å². The number of carbonyl (C=O) groups excluding carboxylic acids is 3. The Kier molecular flexibility index (Phi) is 6.98. The van der Waals surface area contributed by atoms with Crippen LogP contribution in [0.4, 0.5) is 4.79 Å². The summed E-state index contributed by atoms with van der Waals surface area (Å²) in [5.74, 6) is -0.740. The predicted octanol–water partition coefficient (Wildman–Crippen LogP) is 1.46. The normalized spacial score (nSPS) is 33.6. The van der Waals surface area contributed by atoms with Gasteiger partial charge < -0.3 is 20.7 Å². The topological polar surface area (TPSA) is 121 Å². The highest BCUT2D eigenvalue weighted by Crippen LogP contribution is 2.25. The van der Waals surface area contributed by atoms with Crippen molar-refractivity contribution in [3.05, 3.63) is 0 Å². The monoisotopic (exact) mass is 393 g/mol. The molecule has 0 aromatic carbocycles. The molecule has 3 amide bonds. The highest BCUT2D eigenvalue weighted by Gasteiger charge is 2.38. The van der Waals surface area contributed by atoms with Crippen molar-refractivity contribution < 1.29 is 19.1 Å². The van der Waals surface area contributed by atoms with Gasteiger partial charge in [0.15, 0.2) is 5.78 Å². The van der Waals surface area contributed by atoms with Crippen LogP contribution in [0.15, 0.2) is 10.2 Å². The van der Waals surface area contributed by atoms with Crippen LogP contribution >= 0.6 is 0 Å². The van der Waals surface area contributed by atoms with Crippen molar-refractivity contribution in [1.29, 1.82) is 0 Å². The van der Waals surface area contributed by atoms with Gasteiger partial charge in [0.1, 0.15) is 0 Å². The molecule has 0 bridgehead atoms. The molecule has 6 atom stereocenters. The summed E-state index contributed by atoms with van der Waals surface area (Å²) in [6.07, 6.45) is 6.14. The number of amides is 3. The van der Waals surface area contributed by atoms with E-state index in [0.29, 0.717) is 13.0 Å². The first-order chi connectivity index (χ1) is 13.5. The Morgan fingerprint density at radius 3 is 2.68 bits per heavy atom. The molecule has 0 spiro atoms. The number of nitrogens with one attached hydrogen (secondary N) is 3. The maximum atomic E-state index is 12.7. The van der Waals surface area contributed by atoms with E-state index in [0.717, 1.165) is 38.5 Å². The average Bonchev–Trinajstić information content (AvgIpc) is 3.02. The third-order valence-corrected chi connectivity index (χ3v) is 5.84. The summed E-state index contributed by atoms with van der Waals surface area (Å²) in [5.41, 5.74) is 0. The van der Waals surface area contributed by atoms with Crippen molar-refractivity contribution in [2.75, 3.05) is 6.61 Å². The third kappa shape index (κ3) is 5.06. The number of Topliss-reactive ketones (excluding diaryl/α,β-unsaturated/α-hetero) is 1. The van der Waals surface area contributed by atoms with E-state index in [4.69, 9.17) is 4.74 Å². The van der Waals surface area contributed by atoms with Crippen LogP contribution < -0.4 is 16.0 Å². The summed E-state index contributed by atoms with van der Waals surface area (Å²) < 4.78 is 5.74. The third-order valence-electron chi connectivity index (χ3n) is 5.84. The van der Waals surface area contributed by atoms with Gasteiger partial charge in [0, 0.05) is 12.6 Å². The van der Waals surface area contributed by atoms with Gasteiger partial charge in [-0.15, -0.1) is 0 Å². The zero-order valence-corrected chi connectivity index (χ0v) is 16.6. The summed E-state index contributed by atoms with van der Waals surface area (Å²) >= 11 is 0. The zero-order chi connectivity index (χ0) is 20.1. The summed E-state index contributed by atoms with van der Waals surface area (Å²) in [6, 6.07) is -1.34. The first kappa shape index (κ1) is 20.7. The van der Waals surface area contributed by atoms with Crippen LogP contribution in [0, 0.1) is 0 Å². The van der Waals surface area contributed by atoms with Gasteiger partial charge in [-0.1, -0.05) is 12.8 Å². The first-order valence-electron chi connectivity index (χ1n) is 10.4. The summed E-state index contributed by atoms with van der Waals surface area (Å²) in [6.45, 7) is 3.93. The van der Waals surface area contributed by atoms with Crippen molar-refractivity contribution in [2.45, 2.75) is 95.1 Å². The average molecular weight is 393 g/mol. The fraction of sp³-hybridized carbons (Fsp3) is 0.842. The molecule has 1 aliphatic heterocycles. The number of fused-ring (bicyclic) bond motifs is 1. The molecule has 9 nitrogen and oxygen atoms in total. The van der Waals surface area contributed by atoms with Crippen molar-refractivity contribution in [1.82, 2.24) is 16.0 Å². The number of urea groups is 1. The molecule has 2 saturated carbocycles. The minimum atomic E-state index is -1.13. The number of nitrogens with zero attached hydrogens (tertiary/aromatic N) is 2. The minimum Gasteiger partial charge on any atom is -0.376 e. The molecular weight excluding hydrogens is 362 g/mol. The lowest BCUT2D eigenvalue weighted by Gasteiger charge is -2.31. The Hall–Kier alpha value is -2.03. The minimum absolute atomic E-state index is 0.00641. The standard InChI is InChI=1S/C19H31N5O4/c1-3-28-16-7-5-4-6-14(16)23-24-17(11(2)25)18(26)20-12-8-9-13-15(10-12)22-19(27)21-13/h12-17H,3-10H2,1-2H3,(H,20,26)(H2,21,22,27). The van der Waals surface area contributed by atoms with Crippen LogP contribution in [0.3, 0.4) is 0 Å². The molecule has 0 radical (unpaired) electrons. The first-order valence-corrected chi connectivity index (χ1v) is 10.4. The molecule has 1 heterocycles. The molecule has 3 fully saturated rings. The van der Waals surface area contributed by atoms with Gasteiger partial charge in [-0.25, -0.2) is 4.79 Å². The van der Waals surface area contributed by atoms with E-state index in [1.165, 1.54) is 6.92 Å². The van der Waals surface area contributed by atoms with Gasteiger partial charge in [-0.2, -0.15) is 10.2 Å². The van der Waals surface area contributed by atoms with E-state index < -0.39 is 11.9 Å². The van der Waals surface area contributed by atoms with Gasteiger partial charge in [0.2, 0.25) is 6.04 Å². The van der Waals surface area contributed by atoms with E-state index in [1.54, 1.807) is 0 Å². The highest BCUT2D eigenvalue weighted by atomic mass is 16.5. The molecule has 6 unspecified atom stereocenters. The molecule has 0 aromatic heterocycles. The fourth-order valence-electron chi connectivity index (χ4n) is 4.38. The molecule has 3 rings (SSSR count). The molecule has 0 aromatic rings.